The quantitative estimate of drug-likeness (QED) is 0.856. The summed E-state index contributed by atoms with van der Waals surface area (Å²) in [4.78, 5) is 13.4. The third kappa shape index (κ3) is 3.07. The Labute approximate surface area is 128 Å². The molecule has 1 aromatic rings. The number of fused-ring (bicyclic) bond motifs is 1. The van der Waals surface area contributed by atoms with Crippen LogP contribution < -0.4 is 5.32 Å². The van der Waals surface area contributed by atoms with E-state index in [0.717, 1.165) is 28.1 Å². The van der Waals surface area contributed by atoms with Crippen LogP contribution >= 0.6 is 15.9 Å². The molecule has 108 valence electrons. The molecule has 2 fully saturated rings. The van der Waals surface area contributed by atoms with Gasteiger partial charge in [0.1, 0.15) is 6.29 Å². The number of carbonyl (C=O) groups is 1. The Morgan fingerprint density at radius 2 is 2.25 bits per heavy atom. The lowest BCUT2D eigenvalue weighted by atomic mass is 9.97. The van der Waals surface area contributed by atoms with Crippen LogP contribution in [0.5, 0.6) is 0 Å². The summed E-state index contributed by atoms with van der Waals surface area (Å²) in [5.74, 6) is 0. The average molecular weight is 337 g/mol. The zero-order valence-corrected chi connectivity index (χ0v) is 13.2. The Balaban J connectivity index is 1.70. The number of nitrogens with zero attached hydrogens (tertiary/aromatic N) is 1. The van der Waals surface area contributed by atoms with Gasteiger partial charge < -0.3 is 15.0 Å². The van der Waals surface area contributed by atoms with E-state index in [0.29, 0.717) is 12.5 Å². The van der Waals surface area contributed by atoms with E-state index < -0.39 is 0 Å². The predicted octanol–water partition coefficient (Wildman–Crippen LogP) is 3.23. The summed E-state index contributed by atoms with van der Waals surface area (Å²) in [6.45, 7) is 2.49. The normalized spacial score (nSPS) is 26.2. The van der Waals surface area contributed by atoms with Gasteiger partial charge in [0.25, 0.3) is 0 Å². The van der Waals surface area contributed by atoms with Gasteiger partial charge in [0.15, 0.2) is 0 Å². The van der Waals surface area contributed by atoms with Gasteiger partial charge in [-0.1, -0.05) is 22.0 Å². The average Bonchev–Trinajstić information content (AvgIpc) is 2.89. The first-order valence-corrected chi connectivity index (χ1v) is 8.28. The fourth-order valence-electron chi connectivity index (χ4n) is 3.53. The van der Waals surface area contributed by atoms with E-state index in [9.17, 15) is 4.79 Å². The molecule has 0 spiro atoms. The van der Waals surface area contributed by atoms with Gasteiger partial charge >= 0.3 is 0 Å². The van der Waals surface area contributed by atoms with Gasteiger partial charge in [0.2, 0.25) is 0 Å². The Hall–Kier alpha value is -0.870. The molecule has 3 nitrogen and oxygen atoms in total. The number of carbonyl (C=O) groups excluding carboxylic acids is 1. The highest BCUT2D eigenvalue weighted by molar-refractivity contribution is 9.10. The molecule has 0 aromatic heterocycles. The predicted molar refractivity (Wildman–Crippen MR) is 85.1 cm³/mol. The summed E-state index contributed by atoms with van der Waals surface area (Å²) in [5.41, 5.74) is 2.21. The maximum Gasteiger partial charge on any atom is 0.124 e. The number of benzene rings is 1. The van der Waals surface area contributed by atoms with Crippen molar-refractivity contribution >= 4 is 27.9 Å². The minimum absolute atomic E-state index is 0.484. The molecule has 0 radical (unpaired) electrons. The molecule has 4 heteroatoms. The van der Waals surface area contributed by atoms with E-state index in [4.69, 9.17) is 0 Å². The van der Waals surface area contributed by atoms with Gasteiger partial charge in [-0.2, -0.15) is 0 Å². The lowest BCUT2D eigenvalue weighted by Crippen LogP contribution is -2.42. The molecule has 1 aromatic carbocycles. The van der Waals surface area contributed by atoms with Crippen LogP contribution in [0.15, 0.2) is 22.7 Å². The van der Waals surface area contributed by atoms with E-state index in [2.05, 4.69) is 32.2 Å². The topological polar surface area (TPSA) is 32.3 Å². The minimum atomic E-state index is 0.484. The van der Waals surface area contributed by atoms with E-state index in [1.54, 1.807) is 0 Å². The number of piperidine rings is 1. The monoisotopic (exact) mass is 336 g/mol. The van der Waals surface area contributed by atoms with E-state index >= 15 is 0 Å². The van der Waals surface area contributed by atoms with Crippen LogP contribution in [-0.4, -0.2) is 36.4 Å². The Kier molecular flexibility index (Phi) is 4.41. The molecule has 0 bridgehead atoms. The Bertz CT molecular complexity index is 491. The van der Waals surface area contributed by atoms with Gasteiger partial charge in [0.05, 0.1) is 0 Å². The summed E-state index contributed by atoms with van der Waals surface area (Å²) in [6, 6.07) is 7.44. The molecule has 2 saturated heterocycles. The molecule has 2 unspecified atom stereocenters. The second-order valence-electron chi connectivity index (χ2n) is 5.87. The molecule has 0 amide bonds. The summed E-state index contributed by atoms with van der Waals surface area (Å²) in [6.07, 6.45) is 6.59. The molecule has 20 heavy (non-hydrogen) atoms. The second kappa shape index (κ2) is 6.27. The van der Waals surface area contributed by atoms with Crippen LogP contribution in [0.4, 0.5) is 5.69 Å². The molecule has 2 heterocycles. The number of hydrogen-bond donors (Lipinski definition) is 1. The minimum Gasteiger partial charge on any atom is -0.382 e. The third-order valence-corrected chi connectivity index (χ3v) is 5.05. The summed E-state index contributed by atoms with van der Waals surface area (Å²) in [5, 5.41) is 3.67. The Morgan fingerprint density at radius 3 is 3.10 bits per heavy atom. The molecular formula is C16H21BrN2O. The molecule has 2 aliphatic rings. The van der Waals surface area contributed by atoms with Gasteiger partial charge in [-0.25, -0.2) is 0 Å². The molecule has 0 saturated carbocycles. The van der Waals surface area contributed by atoms with Crippen LogP contribution in [-0.2, 0) is 11.2 Å². The van der Waals surface area contributed by atoms with Gasteiger partial charge in [-0.3, -0.25) is 0 Å². The largest absolute Gasteiger partial charge is 0.382 e. The maximum atomic E-state index is 10.8. The van der Waals surface area contributed by atoms with Gasteiger partial charge in [0, 0.05) is 35.2 Å². The summed E-state index contributed by atoms with van der Waals surface area (Å²) >= 11 is 3.52. The first kappa shape index (κ1) is 14.1. The van der Waals surface area contributed by atoms with Crippen molar-refractivity contribution in [3.05, 3.63) is 28.2 Å². The molecule has 2 aliphatic heterocycles. The van der Waals surface area contributed by atoms with Crippen molar-refractivity contribution in [3.8, 4) is 0 Å². The van der Waals surface area contributed by atoms with Crippen LogP contribution in [0, 0.1) is 0 Å². The third-order valence-electron chi connectivity index (χ3n) is 4.56. The van der Waals surface area contributed by atoms with Crippen LogP contribution in [0.3, 0.4) is 0 Å². The highest BCUT2D eigenvalue weighted by Gasteiger charge is 2.31. The summed E-state index contributed by atoms with van der Waals surface area (Å²) in [7, 11) is 0. The van der Waals surface area contributed by atoms with Crippen molar-refractivity contribution in [1.29, 1.82) is 0 Å². The number of rotatable bonds is 4. The Morgan fingerprint density at radius 1 is 1.35 bits per heavy atom. The van der Waals surface area contributed by atoms with Crippen molar-refractivity contribution < 1.29 is 4.79 Å². The lowest BCUT2D eigenvalue weighted by molar-refractivity contribution is -0.107. The lowest BCUT2D eigenvalue weighted by Gasteiger charge is -2.36. The highest BCUT2D eigenvalue weighted by Crippen LogP contribution is 2.30. The number of hydrogen-bond acceptors (Lipinski definition) is 3. The van der Waals surface area contributed by atoms with Crippen LogP contribution in [0.2, 0.25) is 0 Å². The highest BCUT2D eigenvalue weighted by atomic mass is 79.9. The number of anilines is 1. The fourth-order valence-corrected chi connectivity index (χ4v) is 3.89. The molecular weight excluding hydrogens is 316 g/mol. The fraction of sp³-hybridized carbons (Fsp3) is 0.562. The maximum absolute atomic E-state index is 10.8. The van der Waals surface area contributed by atoms with Gasteiger partial charge in [-0.15, -0.1) is 0 Å². The van der Waals surface area contributed by atoms with Crippen molar-refractivity contribution in [2.45, 2.75) is 44.2 Å². The zero-order chi connectivity index (χ0) is 13.9. The number of aldehydes is 1. The van der Waals surface area contributed by atoms with E-state index in [1.807, 2.05) is 12.1 Å². The SMILES string of the molecule is O=CCc1ccc(Br)cc1NC1CCN2CCCC2C1. The zero-order valence-electron chi connectivity index (χ0n) is 11.6. The molecule has 0 aliphatic carbocycles. The molecule has 3 rings (SSSR count). The first-order chi connectivity index (χ1) is 9.76. The van der Waals surface area contributed by atoms with Gasteiger partial charge in [-0.05, 0) is 49.9 Å². The van der Waals surface area contributed by atoms with Crippen LogP contribution in [0.25, 0.3) is 0 Å². The number of halogens is 1. The van der Waals surface area contributed by atoms with Crippen molar-refractivity contribution in [1.82, 2.24) is 4.90 Å². The van der Waals surface area contributed by atoms with E-state index in [-0.39, 0.29) is 0 Å². The van der Waals surface area contributed by atoms with Crippen molar-refractivity contribution in [2.75, 3.05) is 18.4 Å². The summed E-state index contributed by atoms with van der Waals surface area (Å²) < 4.78 is 1.06. The first-order valence-electron chi connectivity index (χ1n) is 7.49. The molecule has 1 N–H and O–H groups in total. The standard InChI is InChI=1S/C16H21BrN2O/c17-13-4-3-12(6-9-20)16(10-13)18-14-5-8-19-7-1-2-15(19)11-14/h3-4,9-10,14-15,18H,1-2,5-8,11H2. The van der Waals surface area contributed by atoms with Crippen LogP contribution in [0.1, 0.15) is 31.2 Å². The van der Waals surface area contributed by atoms with E-state index in [1.165, 1.54) is 38.8 Å². The van der Waals surface area contributed by atoms with Crippen molar-refractivity contribution in [2.24, 2.45) is 0 Å². The molecule has 2 atom stereocenters. The number of nitrogens with one attached hydrogen (secondary N) is 1. The van der Waals surface area contributed by atoms with Crippen molar-refractivity contribution in [3.63, 3.8) is 0 Å². The smallest absolute Gasteiger partial charge is 0.124 e. The second-order valence-corrected chi connectivity index (χ2v) is 6.79.